The second kappa shape index (κ2) is 11.1. The number of rotatable bonds is 8. The summed E-state index contributed by atoms with van der Waals surface area (Å²) in [6.45, 7) is 3.31. The number of carboxylic acid groups (broad SMARTS) is 1. The minimum absolute atomic E-state index is 0.0122. The number of aromatic nitrogens is 1. The van der Waals surface area contributed by atoms with Crippen LogP contribution in [0.5, 0.6) is 5.75 Å². The van der Waals surface area contributed by atoms with Gasteiger partial charge in [0.1, 0.15) is 5.75 Å². The van der Waals surface area contributed by atoms with Crippen molar-refractivity contribution in [3.8, 4) is 5.75 Å². The largest absolute Gasteiger partial charge is 0.497 e. The maximum absolute atomic E-state index is 14.0. The molecule has 0 fully saturated rings. The zero-order chi connectivity index (χ0) is 28.5. The molecule has 3 aromatic carbocycles. The number of halogens is 2. The molecule has 0 aliphatic rings. The Morgan fingerprint density at radius 2 is 1.67 bits per heavy atom. The Morgan fingerprint density at radius 1 is 1.03 bits per heavy atom. The standard InChI is InChI=1S/C28H23Cl2NO7S/c1-4-38-28(34)26-22(15-21(27(32)33)17-7-9-19(37-3)10-8-17)25-23(30)13-18(29)14-24(25)31(26)39(35,36)20-11-5-16(2)6-12-20/h5-15H,4H2,1-3H3,(H,32,33)/b21-15+. The summed E-state index contributed by atoms with van der Waals surface area (Å²) >= 11 is 12.8. The molecule has 0 saturated carbocycles. The number of methoxy groups -OCH3 is 1. The average molecular weight is 588 g/mol. The first kappa shape index (κ1) is 28.2. The molecule has 4 aromatic rings. The fraction of sp³-hybridized carbons (Fsp3) is 0.143. The average Bonchev–Trinajstić information content (AvgIpc) is 3.22. The highest BCUT2D eigenvalue weighted by Gasteiger charge is 2.33. The van der Waals surface area contributed by atoms with E-state index in [4.69, 9.17) is 32.7 Å². The molecule has 0 unspecified atom stereocenters. The van der Waals surface area contributed by atoms with Crippen molar-refractivity contribution in [3.05, 3.63) is 93.1 Å². The van der Waals surface area contributed by atoms with Crippen molar-refractivity contribution < 1.29 is 32.6 Å². The van der Waals surface area contributed by atoms with E-state index in [9.17, 15) is 23.1 Å². The first-order valence-electron chi connectivity index (χ1n) is 11.6. The lowest BCUT2D eigenvalue weighted by Crippen LogP contribution is -2.20. The molecule has 39 heavy (non-hydrogen) atoms. The first-order chi connectivity index (χ1) is 18.5. The van der Waals surface area contributed by atoms with Gasteiger partial charge in [0, 0.05) is 16.0 Å². The molecule has 0 aliphatic carbocycles. The van der Waals surface area contributed by atoms with Gasteiger partial charge < -0.3 is 14.6 Å². The van der Waals surface area contributed by atoms with Gasteiger partial charge in [0.05, 0.1) is 34.7 Å². The molecule has 1 aromatic heterocycles. The lowest BCUT2D eigenvalue weighted by atomic mass is 10.0. The molecule has 0 amide bonds. The van der Waals surface area contributed by atoms with E-state index in [1.807, 2.05) is 0 Å². The summed E-state index contributed by atoms with van der Waals surface area (Å²) in [5, 5.41) is 10.4. The second-order valence-corrected chi connectivity index (χ2v) is 11.1. The van der Waals surface area contributed by atoms with Crippen LogP contribution in [-0.4, -0.2) is 43.2 Å². The Balaban J connectivity index is 2.16. The van der Waals surface area contributed by atoms with Crippen LogP contribution in [0.2, 0.25) is 10.0 Å². The summed E-state index contributed by atoms with van der Waals surface area (Å²) in [6.07, 6.45) is 1.21. The van der Waals surface area contributed by atoms with Gasteiger partial charge in [-0.05, 0) is 61.9 Å². The van der Waals surface area contributed by atoms with Crippen LogP contribution in [0, 0.1) is 6.92 Å². The summed E-state index contributed by atoms with van der Waals surface area (Å²) in [6, 6.07) is 15.0. The van der Waals surface area contributed by atoms with Crippen molar-refractivity contribution in [1.29, 1.82) is 0 Å². The Bertz CT molecular complexity index is 1720. The summed E-state index contributed by atoms with van der Waals surface area (Å²) in [5.41, 5.74) is 0.420. The van der Waals surface area contributed by atoms with Gasteiger partial charge in [0.15, 0.2) is 5.69 Å². The fourth-order valence-corrected chi connectivity index (χ4v) is 6.21. The molecule has 0 saturated heterocycles. The number of carbonyl (C=O) groups excluding carboxylic acids is 1. The van der Waals surface area contributed by atoms with Crippen LogP contribution in [0.4, 0.5) is 0 Å². The third-order valence-electron chi connectivity index (χ3n) is 5.93. The van der Waals surface area contributed by atoms with E-state index < -0.39 is 27.7 Å². The monoisotopic (exact) mass is 587 g/mol. The van der Waals surface area contributed by atoms with Crippen LogP contribution in [0.1, 0.15) is 34.1 Å². The molecular formula is C28H23Cl2NO7S. The van der Waals surface area contributed by atoms with Gasteiger partial charge >= 0.3 is 11.9 Å². The molecule has 0 spiro atoms. The van der Waals surface area contributed by atoms with Crippen LogP contribution >= 0.6 is 23.2 Å². The molecule has 4 rings (SSSR count). The molecular weight excluding hydrogens is 565 g/mol. The summed E-state index contributed by atoms with van der Waals surface area (Å²) in [5.74, 6) is -1.79. The Hall–Kier alpha value is -3.79. The van der Waals surface area contributed by atoms with Gasteiger partial charge in [0.2, 0.25) is 0 Å². The molecule has 8 nitrogen and oxygen atoms in total. The number of nitrogens with zero attached hydrogens (tertiary/aromatic N) is 1. The summed E-state index contributed by atoms with van der Waals surface area (Å²) in [4.78, 5) is 25.7. The Kier molecular flexibility index (Phi) is 8.06. The molecule has 11 heteroatoms. The number of benzene rings is 3. The van der Waals surface area contributed by atoms with Crippen LogP contribution in [0.3, 0.4) is 0 Å². The summed E-state index contributed by atoms with van der Waals surface area (Å²) in [7, 11) is -2.94. The van der Waals surface area contributed by atoms with E-state index in [0.29, 0.717) is 5.75 Å². The van der Waals surface area contributed by atoms with E-state index in [-0.39, 0.29) is 49.2 Å². The predicted molar refractivity (Wildman–Crippen MR) is 150 cm³/mol. The highest BCUT2D eigenvalue weighted by molar-refractivity contribution is 7.90. The number of aliphatic carboxylic acids is 1. The van der Waals surface area contributed by atoms with Crippen LogP contribution < -0.4 is 4.74 Å². The van der Waals surface area contributed by atoms with Crippen molar-refractivity contribution in [1.82, 2.24) is 3.97 Å². The molecule has 0 atom stereocenters. The number of fused-ring (bicyclic) bond motifs is 1. The Labute approximate surface area is 235 Å². The van der Waals surface area contributed by atoms with Crippen molar-refractivity contribution in [2.45, 2.75) is 18.7 Å². The second-order valence-electron chi connectivity index (χ2n) is 8.44. The van der Waals surface area contributed by atoms with E-state index in [0.717, 1.165) is 9.54 Å². The fourth-order valence-electron chi connectivity index (χ4n) is 4.12. The van der Waals surface area contributed by atoms with Crippen molar-refractivity contribution in [3.63, 3.8) is 0 Å². The quantitative estimate of drug-likeness (QED) is 0.190. The normalized spacial score (nSPS) is 12.0. The van der Waals surface area contributed by atoms with Gasteiger partial charge in [-0.15, -0.1) is 0 Å². The van der Waals surface area contributed by atoms with E-state index >= 15 is 0 Å². The maximum Gasteiger partial charge on any atom is 0.356 e. The van der Waals surface area contributed by atoms with Gasteiger partial charge in [-0.3, -0.25) is 0 Å². The van der Waals surface area contributed by atoms with Gasteiger partial charge in [0.25, 0.3) is 10.0 Å². The van der Waals surface area contributed by atoms with Crippen molar-refractivity contribution in [2.75, 3.05) is 13.7 Å². The summed E-state index contributed by atoms with van der Waals surface area (Å²) < 4.78 is 39.2. The number of carbonyl (C=O) groups is 2. The number of carboxylic acids is 1. The van der Waals surface area contributed by atoms with Crippen molar-refractivity contribution in [2.24, 2.45) is 0 Å². The van der Waals surface area contributed by atoms with Crippen molar-refractivity contribution >= 4 is 67.7 Å². The van der Waals surface area contributed by atoms with Crippen LogP contribution in [-0.2, 0) is 19.6 Å². The number of hydrogen-bond acceptors (Lipinski definition) is 6. The number of esters is 1. The molecule has 1 heterocycles. The van der Waals surface area contributed by atoms with E-state index in [2.05, 4.69) is 0 Å². The molecule has 0 radical (unpaired) electrons. The van der Waals surface area contributed by atoms with E-state index in [1.54, 1.807) is 38.1 Å². The topological polar surface area (TPSA) is 112 Å². The first-order valence-corrected chi connectivity index (χ1v) is 13.8. The van der Waals surface area contributed by atoms with Crippen LogP contribution in [0.25, 0.3) is 22.6 Å². The van der Waals surface area contributed by atoms with Gasteiger partial charge in [-0.1, -0.05) is 53.0 Å². The zero-order valence-electron chi connectivity index (χ0n) is 21.1. The number of hydrogen-bond donors (Lipinski definition) is 1. The smallest absolute Gasteiger partial charge is 0.356 e. The lowest BCUT2D eigenvalue weighted by Gasteiger charge is -2.12. The number of aryl methyl sites for hydroxylation is 1. The van der Waals surface area contributed by atoms with E-state index in [1.165, 1.54) is 49.6 Å². The minimum atomic E-state index is -4.41. The number of ether oxygens (including phenoxy) is 2. The third-order valence-corrected chi connectivity index (χ3v) is 8.17. The van der Waals surface area contributed by atoms with Gasteiger partial charge in [-0.25, -0.2) is 22.0 Å². The molecule has 0 aliphatic heterocycles. The predicted octanol–water partition coefficient (Wildman–Crippen LogP) is 6.30. The lowest BCUT2D eigenvalue weighted by molar-refractivity contribution is -0.130. The van der Waals surface area contributed by atoms with Crippen LogP contribution in [0.15, 0.2) is 65.6 Å². The molecule has 1 N–H and O–H groups in total. The minimum Gasteiger partial charge on any atom is -0.497 e. The Morgan fingerprint density at radius 3 is 2.23 bits per heavy atom. The maximum atomic E-state index is 14.0. The molecule has 0 bridgehead atoms. The third kappa shape index (κ3) is 5.38. The molecule has 202 valence electrons. The SMILES string of the molecule is CCOC(=O)c1c(/C=C(/C(=O)O)c2ccc(OC)cc2)c2c(Cl)cc(Cl)cc2n1S(=O)(=O)c1ccc(C)cc1. The van der Waals surface area contributed by atoms with Gasteiger partial charge in [-0.2, -0.15) is 0 Å². The highest BCUT2D eigenvalue weighted by atomic mass is 35.5. The highest BCUT2D eigenvalue weighted by Crippen LogP contribution is 2.39. The zero-order valence-corrected chi connectivity index (χ0v) is 23.4.